The summed E-state index contributed by atoms with van der Waals surface area (Å²) in [6.07, 6.45) is 6.05. The van der Waals surface area contributed by atoms with Crippen LogP contribution in [-0.4, -0.2) is 50.4 Å². The highest BCUT2D eigenvalue weighted by molar-refractivity contribution is 6.00. The molecule has 6 rings (SSSR count). The van der Waals surface area contributed by atoms with Crippen LogP contribution in [0.5, 0.6) is 5.75 Å². The van der Waals surface area contributed by atoms with Crippen LogP contribution in [0.3, 0.4) is 0 Å². The van der Waals surface area contributed by atoms with E-state index in [1.165, 1.54) is 44.7 Å². The van der Waals surface area contributed by atoms with Crippen LogP contribution in [0.1, 0.15) is 60.4 Å². The van der Waals surface area contributed by atoms with E-state index in [9.17, 15) is 4.39 Å². The summed E-state index contributed by atoms with van der Waals surface area (Å²) in [5, 5.41) is 0. The van der Waals surface area contributed by atoms with Crippen molar-refractivity contribution in [2.45, 2.75) is 51.6 Å². The fourth-order valence-electron chi connectivity index (χ4n) is 6.68. The minimum absolute atomic E-state index is 0.168. The molecule has 0 saturated carbocycles. The van der Waals surface area contributed by atoms with Gasteiger partial charge in [-0.05, 0) is 121 Å². The van der Waals surface area contributed by atoms with Crippen LogP contribution in [-0.2, 0) is 12.8 Å². The summed E-state index contributed by atoms with van der Waals surface area (Å²) >= 11 is 0. The normalized spacial score (nSPS) is 19.2. The maximum atomic E-state index is 12.6. The first-order valence-electron chi connectivity index (χ1n) is 14.7. The molecule has 0 bridgehead atoms. The SMILES string of the molecule is CCN1CCc2cc(C3=C(c4ccc(O[C@H]5CCN(CCCF)C5)cc4)c4ccc(N)cc4CCC3)ccc21. The molecule has 4 nitrogen and oxygen atoms in total. The van der Waals surface area contributed by atoms with Crippen molar-refractivity contribution >= 4 is 22.5 Å². The van der Waals surface area contributed by atoms with E-state index in [2.05, 4.69) is 71.3 Å². The first-order chi connectivity index (χ1) is 19.1. The summed E-state index contributed by atoms with van der Waals surface area (Å²) in [6.45, 7) is 6.82. The molecular weight excluding hydrogens is 485 g/mol. The van der Waals surface area contributed by atoms with Gasteiger partial charge in [0.05, 0.1) is 6.67 Å². The van der Waals surface area contributed by atoms with Crippen LogP contribution in [0.15, 0.2) is 60.7 Å². The van der Waals surface area contributed by atoms with Crippen molar-refractivity contribution in [3.05, 3.63) is 88.5 Å². The lowest BCUT2D eigenvalue weighted by Crippen LogP contribution is -2.26. The molecular formula is C34H40FN3O. The van der Waals surface area contributed by atoms with E-state index >= 15 is 0 Å². The molecule has 2 aliphatic heterocycles. The van der Waals surface area contributed by atoms with E-state index in [0.29, 0.717) is 6.42 Å². The number of ether oxygens (including phenoxy) is 1. The van der Waals surface area contributed by atoms with Gasteiger partial charge in [-0.1, -0.05) is 24.3 Å². The molecule has 0 unspecified atom stereocenters. The van der Waals surface area contributed by atoms with Crippen LogP contribution in [0, 0.1) is 0 Å². The molecule has 0 spiro atoms. The lowest BCUT2D eigenvalue weighted by atomic mass is 9.87. The summed E-state index contributed by atoms with van der Waals surface area (Å²) in [5.74, 6) is 0.904. The third-order valence-electron chi connectivity index (χ3n) is 8.66. The second-order valence-electron chi connectivity index (χ2n) is 11.2. The Morgan fingerprint density at radius 2 is 1.77 bits per heavy atom. The van der Waals surface area contributed by atoms with Gasteiger partial charge >= 0.3 is 0 Å². The fraction of sp³-hybridized carbons (Fsp3) is 0.412. The molecule has 2 heterocycles. The molecule has 2 N–H and O–H groups in total. The Balaban J connectivity index is 1.34. The first-order valence-corrected chi connectivity index (χ1v) is 14.7. The zero-order valence-electron chi connectivity index (χ0n) is 23.1. The van der Waals surface area contributed by atoms with Crippen molar-refractivity contribution in [1.29, 1.82) is 0 Å². The Labute approximate surface area is 232 Å². The van der Waals surface area contributed by atoms with Gasteiger partial charge < -0.3 is 15.4 Å². The summed E-state index contributed by atoms with van der Waals surface area (Å²) in [4.78, 5) is 4.78. The maximum Gasteiger partial charge on any atom is 0.119 e. The molecule has 39 heavy (non-hydrogen) atoms. The number of halogens is 1. The molecule has 1 atom stereocenters. The molecule has 0 amide bonds. The Morgan fingerprint density at radius 1 is 0.923 bits per heavy atom. The van der Waals surface area contributed by atoms with Crippen LogP contribution >= 0.6 is 0 Å². The van der Waals surface area contributed by atoms with Gasteiger partial charge in [0.15, 0.2) is 0 Å². The average Bonchev–Trinajstić information content (AvgIpc) is 3.53. The largest absolute Gasteiger partial charge is 0.489 e. The highest BCUT2D eigenvalue weighted by Crippen LogP contribution is 2.42. The fourth-order valence-corrected chi connectivity index (χ4v) is 6.68. The lowest BCUT2D eigenvalue weighted by molar-refractivity contribution is 0.198. The van der Waals surface area contributed by atoms with Crippen LogP contribution in [0.25, 0.3) is 11.1 Å². The summed E-state index contributed by atoms with van der Waals surface area (Å²) in [6, 6.07) is 22.2. The summed E-state index contributed by atoms with van der Waals surface area (Å²) < 4.78 is 18.9. The number of benzene rings is 3. The van der Waals surface area contributed by atoms with E-state index in [1.54, 1.807) is 0 Å². The number of nitrogens with zero attached hydrogens (tertiary/aromatic N) is 2. The van der Waals surface area contributed by atoms with E-state index in [4.69, 9.17) is 10.5 Å². The Hall–Kier alpha value is -3.31. The van der Waals surface area contributed by atoms with Gasteiger partial charge in [-0.25, -0.2) is 0 Å². The predicted octanol–water partition coefficient (Wildman–Crippen LogP) is 6.76. The van der Waals surface area contributed by atoms with Gasteiger partial charge in [0.25, 0.3) is 0 Å². The van der Waals surface area contributed by atoms with Crippen LogP contribution in [0.2, 0.25) is 0 Å². The van der Waals surface area contributed by atoms with Gasteiger partial charge in [-0.15, -0.1) is 0 Å². The lowest BCUT2D eigenvalue weighted by Gasteiger charge is -2.20. The molecule has 0 aromatic heterocycles. The van der Waals surface area contributed by atoms with Gasteiger partial charge in [0.1, 0.15) is 11.9 Å². The molecule has 3 aromatic rings. The van der Waals surface area contributed by atoms with E-state index in [1.807, 2.05) is 6.07 Å². The van der Waals surface area contributed by atoms with Crippen molar-refractivity contribution < 1.29 is 9.13 Å². The molecule has 3 aliphatic rings. The highest BCUT2D eigenvalue weighted by Gasteiger charge is 2.25. The number of fused-ring (bicyclic) bond motifs is 2. The minimum Gasteiger partial charge on any atom is -0.489 e. The Morgan fingerprint density at radius 3 is 2.59 bits per heavy atom. The van der Waals surface area contributed by atoms with Crippen molar-refractivity contribution in [3.63, 3.8) is 0 Å². The molecule has 5 heteroatoms. The number of anilines is 2. The zero-order valence-corrected chi connectivity index (χ0v) is 23.1. The number of nitrogens with two attached hydrogens (primary N) is 1. The molecule has 1 aliphatic carbocycles. The van der Waals surface area contributed by atoms with Crippen molar-refractivity contribution in [3.8, 4) is 5.75 Å². The average molecular weight is 526 g/mol. The van der Waals surface area contributed by atoms with Gasteiger partial charge in [0.2, 0.25) is 0 Å². The molecule has 1 saturated heterocycles. The number of rotatable bonds is 8. The number of allylic oxidation sites excluding steroid dienone is 1. The van der Waals surface area contributed by atoms with Crippen molar-refractivity contribution in [1.82, 2.24) is 4.90 Å². The zero-order chi connectivity index (χ0) is 26.8. The highest BCUT2D eigenvalue weighted by atomic mass is 19.1. The topological polar surface area (TPSA) is 41.7 Å². The molecule has 1 fully saturated rings. The van der Waals surface area contributed by atoms with Crippen molar-refractivity contribution in [2.24, 2.45) is 0 Å². The predicted molar refractivity (Wildman–Crippen MR) is 160 cm³/mol. The second kappa shape index (κ2) is 11.4. The monoisotopic (exact) mass is 525 g/mol. The van der Waals surface area contributed by atoms with E-state index in [0.717, 1.165) is 76.3 Å². The van der Waals surface area contributed by atoms with Gasteiger partial charge in [-0.3, -0.25) is 9.29 Å². The quantitative estimate of drug-likeness (QED) is 0.330. The number of nitrogen functional groups attached to an aromatic ring is 1. The molecule has 204 valence electrons. The molecule has 0 radical (unpaired) electrons. The van der Waals surface area contributed by atoms with Gasteiger partial charge in [-0.2, -0.15) is 0 Å². The number of hydrogen-bond donors (Lipinski definition) is 1. The first kappa shape index (κ1) is 25.9. The minimum atomic E-state index is -0.250. The number of likely N-dealkylation sites (tertiary alicyclic amines) is 1. The Kier molecular flexibility index (Phi) is 7.60. The maximum absolute atomic E-state index is 12.6. The third-order valence-corrected chi connectivity index (χ3v) is 8.66. The Bertz CT molecular complexity index is 1350. The molecule has 3 aromatic carbocycles. The van der Waals surface area contributed by atoms with Crippen LogP contribution < -0.4 is 15.4 Å². The van der Waals surface area contributed by atoms with E-state index < -0.39 is 0 Å². The van der Waals surface area contributed by atoms with E-state index in [-0.39, 0.29) is 12.8 Å². The summed E-state index contributed by atoms with van der Waals surface area (Å²) in [5.41, 5.74) is 17.8. The number of alkyl halides is 1. The number of likely N-dealkylation sites (N-methyl/N-ethyl adjacent to an activating group) is 1. The van der Waals surface area contributed by atoms with Gasteiger partial charge in [0, 0.05) is 44.1 Å². The summed E-state index contributed by atoms with van der Waals surface area (Å²) in [7, 11) is 0. The van der Waals surface area contributed by atoms with Crippen LogP contribution in [0.4, 0.5) is 15.8 Å². The standard InChI is InChI=1S/C34H40FN3O/c1-2-38-20-15-27-21-26(9-14-33(27)38)31-6-3-5-25-22-28(36)10-13-32(25)34(31)24-7-11-29(12-8-24)39-30-16-19-37(23-30)18-4-17-35/h7-14,21-22,30H,2-6,15-20,23,36H2,1H3/t30-/m0/s1. The number of aryl methyl sites for hydroxylation is 1. The smallest absolute Gasteiger partial charge is 0.119 e. The van der Waals surface area contributed by atoms with Crippen molar-refractivity contribution in [2.75, 3.05) is 50.0 Å². The number of hydrogen-bond acceptors (Lipinski definition) is 4. The third kappa shape index (κ3) is 5.42. The second-order valence-corrected chi connectivity index (χ2v) is 11.2.